The van der Waals surface area contributed by atoms with Gasteiger partial charge in [-0.15, -0.1) is 0 Å². The number of aliphatic imine (C=N–C) groups is 1. The van der Waals surface area contributed by atoms with Gasteiger partial charge in [0.1, 0.15) is 11.8 Å². The Hall–Kier alpha value is -4.65. The molecule has 1 saturated heterocycles. The first-order valence-electron chi connectivity index (χ1n) is 16.9. The summed E-state index contributed by atoms with van der Waals surface area (Å²) in [6.07, 6.45) is 8.80. The fourth-order valence-corrected chi connectivity index (χ4v) is 8.12. The van der Waals surface area contributed by atoms with E-state index in [-0.39, 0.29) is 37.3 Å². The number of benzene rings is 1. The van der Waals surface area contributed by atoms with Gasteiger partial charge in [-0.3, -0.25) is 4.79 Å². The number of nitrogens with two attached hydrogens (primary N) is 1. The Morgan fingerprint density at radius 3 is 2.71 bits per heavy atom. The second-order valence-electron chi connectivity index (χ2n) is 13.2. The van der Waals surface area contributed by atoms with E-state index in [9.17, 15) is 29.1 Å². The molecule has 3 amide bonds. The molecular weight excluding hydrogens is 681 g/mol. The Labute approximate surface area is 297 Å². The Balaban J connectivity index is 1.26. The minimum Gasteiger partial charge on any atom is -0.493 e. The molecule has 16 nitrogen and oxygen atoms in total. The van der Waals surface area contributed by atoms with E-state index in [0.29, 0.717) is 38.3 Å². The molecule has 5 rings (SSSR count). The van der Waals surface area contributed by atoms with Gasteiger partial charge in [0.2, 0.25) is 0 Å². The van der Waals surface area contributed by atoms with Gasteiger partial charge in [0.25, 0.3) is 0 Å². The number of carboxylic acids is 1. The molecule has 2 aliphatic carbocycles. The molecule has 0 radical (unpaired) electrons. The molecule has 1 fully saturated rings. The van der Waals surface area contributed by atoms with Crippen LogP contribution in [-0.2, 0) is 40.5 Å². The van der Waals surface area contributed by atoms with Crippen LogP contribution in [0.1, 0.15) is 56.6 Å². The van der Waals surface area contributed by atoms with Gasteiger partial charge >= 0.3 is 135 Å². The summed E-state index contributed by atoms with van der Waals surface area (Å²) in [6.45, 7) is 1.81. The summed E-state index contributed by atoms with van der Waals surface area (Å²) < 4.78 is 18.3. The first-order valence-corrected chi connectivity index (χ1v) is 17.9. The molecule has 1 unspecified atom stereocenters. The van der Waals surface area contributed by atoms with Crippen molar-refractivity contribution in [2.75, 3.05) is 33.8 Å². The summed E-state index contributed by atoms with van der Waals surface area (Å²) >= 11 is 0. The zero-order valence-electron chi connectivity index (χ0n) is 28.9. The van der Waals surface area contributed by atoms with Crippen LogP contribution in [0.5, 0.6) is 11.5 Å². The monoisotopic (exact) mass is 726 g/mol. The van der Waals surface area contributed by atoms with Gasteiger partial charge in [-0.1, -0.05) is 6.07 Å². The molecule has 1 aromatic rings. The number of esters is 1. The van der Waals surface area contributed by atoms with Crippen LogP contribution in [0.3, 0.4) is 0 Å². The van der Waals surface area contributed by atoms with E-state index in [0.717, 1.165) is 24.9 Å². The summed E-state index contributed by atoms with van der Waals surface area (Å²) in [5.74, 6) is -1.90. The SMILES string of the molecule is C#[P+]NC(N)=NCCC[C@H](NC(C)=O)C(=O)NCC(=O)NC(CCC(=O)O)C(=O)OC1=CC[C@H]2[C@H]3Cc4ccc(OC)c5c4[C@@]2(CCN3C)[C@H]1O5. The normalized spacial score (nSPS) is 24.0. The minimum atomic E-state index is -1.33. The molecule has 2 aliphatic heterocycles. The average Bonchev–Trinajstić information content (AvgIpc) is 3.44. The first-order chi connectivity index (χ1) is 24.4. The van der Waals surface area contributed by atoms with Gasteiger partial charge in [-0.05, 0) is 62.9 Å². The first kappa shape index (κ1) is 37.6. The Morgan fingerprint density at radius 1 is 1.22 bits per heavy atom. The summed E-state index contributed by atoms with van der Waals surface area (Å²) in [4.78, 5) is 69.3. The van der Waals surface area contributed by atoms with Crippen molar-refractivity contribution in [1.29, 1.82) is 0 Å². The van der Waals surface area contributed by atoms with Gasteiger partial charge < -0.3 is 24.2 Å². The number of guanidine groups is 1. The minimum absolute atomic E-state index is 0.135. The Kier molecular flexibility index (Phi) is 11.9. The standard InChI is InChI=1S/C34H44N7O9P/c1-18(42)38-21(6-5-14-36-33(35)40-51-4)31(46)37-17-26(43)39-22(9-12-27(44)45)32(47)49-25-11-8-20-23-16-19-7-10-24(48-3)29-28(19)34(20,30(25)50-29)13-15-41(23)2/h4,7,10-11,20-23,30H,5-6,8-9,12-17H2,1-3H3,(H6-,35,36,37,38,39,40,42,43,44,45,46)/p+1/t20-,21-,22?,23+,30-,34-/m0/s1. The molecule has 0 aromatic heterocycles. The Morgan fingerprint density at radius 2 is 2.00 bits per heavy atom. The zero-order chi connectivity index (χ0) is 36.9. The second kappa shape index (κ2) is 16.1. The number of amides is 3. The molecule has 274 valence electrons. The fourth-order valence-electron chi connectivity index (χ4n) is 7.91. The van der Waals surface area contributed by atoms with Crippen molar-refractivity contribution in [2.24, 2.45) is 16.6 Å². The number of methoxy groups -OCH3 is 1. The van der Waals surface area contributed by atoms with Crippen molar-refractivity contribution >= 4 is 43.8 Å². The van der Waals surface area contributed by atoms with Crippen molar-refractivity contribution in [3.8, 4) is 17.6 Å². The van der Waals surface area contributed by atoms with Crippen LogP contribution in [0, 0.1) is 12.0 Å². The van der Waals surface area contributed by atoms with E-state index in [4.69, 9.17) is 26.1 Å². The summed E-state index contributed by atoms with van der Waals surface area (Å²) in [7, 11) is 4.05. The van der Waals surface area contributed by atoms with E-state index in [1.165, 1.54) is 12.5 Å². The number of hydrogen-bond acceptors (Lipinski definition) is 10. The zero-order valence-corrected chi connectivity index (χ0v) is 29.8. The number of nitrogens with zero attached hydrogens (tertiary/aromatic N) is 2. The number of likely N-dealkylation sites (N-methyl/N-ethyl adjacent to an activating group) is 1. The number of ether oxygens (including phenoxy) is 3. The van der Waals surface area contributed by atoms with Crippen LogP contribution in [0.2, 0.25) is 0 Å². The van der Waals surface area contributed by atoms with Crippen LogP contribution in [-0.4, -0.2) is 104 Å². The van der Waals surface area contributed by atoms with Crippen molar-refractivity contribution in [3.63, 3.8) is 0 Å². The third kappa shape index (κ3) is 7.98. The van der Waals surface area contributed by atoms with E-state index in [1.54, 1.807) is 7.11 Å². The van der Waals surface area contributed by atoms with Crippen molar-refractivity contribution in [3.05, 3.63) is 35.1 Å². The molecular formula is C34H45N7O9P+. The van der Waals surface area contributed by atoms with E-state index in [1.807, 2.05) is 12.1 Å². The third-order valence-corrected chi connectivity index (χ3v) is 10.5. The van der Waals surface area contributed by atoms with E-state index < -0.39 is 66.2 Å². The van der Waals surface area contributed by atoms with Crippen LogP contribution < -0.4 is 36.2 Å². The molecule has 51 heavy (non-hydrogen) atoms. The number of nitrogens with one attached hydrogen (secondary N) is 4. The molecule has 17 heteroatoms. The van der Waals surface area contributed by atoms with Crippen LogP contribution in [0.4, 0.5) is 0 Å². The second-order valence-corrected chi connectivity index (χ2v) is 13.7. The molecule has 2 bridgehead atoms. The van der Waals surface area contributed by atoms with Gasteiger partial charge in [0.05, 0.1) is 7.11 Å². The van der Waals surface area contributed by atoms with Crippen LogP contribution in [0.15, 0.2) is 29.0 Å². The van der Waals surface area contributed by atoms with Crippen molar-refractivity contribution in [2.45, 2.75) is 81.5 Å². The number of carboxylic acid groups (broad SMARTS) is 1. The molecule has 4 aliphatic rings. The van der Waals surface area contributed by atoms with E-state index >= 15 is 0 Å². The quantitative estimate of drug-likeness (QED) is 0.0479. The number of carbonyl (C=O) groups is 5. The number of carbonyl (C=O) groups excluding carboxylic acids is 4. The number of rotatable bonds is 15. The number of hydrogen-bond donors (Lipinski definition) is 6. The molecule has 6 atom stereocenters. The third-order valence-electron chi connectivity index (χ3n) is 10.1. The topological polar surface area (TPSA) is 223 Å². The van der Waals surface area contributed by atoms with E-state index in [2.05, 4.69) is 44.0 Å². The van der Waals surface area contributed by atoms with Crippen molar-refractivity contribution in [1.82, 2.24) is 25.9 Å². The summed E-state index contributed by atoms with van der Waals surface area (Å²) in [6, 6.07) is 1.96. The molecule has 7 N–H and O–H groups in total. The molecule has 1 aromatic carbocycles. The number of aliphatic carboxylic acids is 1. The van der Waals surface area contributed by atoms with Gasteiger partial charge in [0, 0.05) is 23.4 Å². The fraction of sp³-hybridized carbons (Fsp3) is 0.559. The van der Waals surface area contributed by atoms with Crippen LogP contribution >= 0.6 is 8.19 Å². The maximum atomic E-state index is 13.7. The predicted octanol–water partition coefficient (Wildman–Crippen LogP) is 0.506. The summed E-state index contributed by atoms with van der Waals surface area (Å²) in [5, 5.41) is 19.5. The number of allylic oxidation sites excluding steroid dienone is 1. The van der Waals surface area contributed by atoms with Gasteiger partial charge in [-0.2, -0.15) is 0 Å². The maximum absolute atomic E-state index is 13.7. The smallest absolute Gasteiger partial charge is 0.493 e. The van der Waals surface area contributed by atoms with Gasteiger partial charge in [0.15, 0.2) is 17.6 Å². The van der Waals surface area contributed by atoms with Crippen LogP contribution in [0.25, 0.3) is 0 Å². The molecule has 0 saturated carbocycles. The molecule has 1 spiro atoms. The Bertz CT molecular complexity index is 1680. The number of piperidine rings is 1. The van der Waals surface area contributed by atoms with Gasteiger partial charge in [-0.25, -0.2) is 4.79 Å². The van der Waals surface area contributed by atoms with Crippen molar-refractivity contribution < 1.29 is 43.3 Å². The summed E-state index contributed by atoms with van der Waals surface area (Å²) in [5.41, 5.74) is 7.49. The number of likely N-dealkylation sites (tertiary alicyclic amines) is 1. The predicted molar refractivity (Wildman–Crippen MR) is 186 cm³/mol. The molecule has 2 heterocycles. The average molecular weight is 727 g/mol.